The molecule has 0 amide bonds. The van der Waals surface area contributed by atoms with Crippen LogP contribution in [-0.4, -0.2) is 11.7 Å². The zero-order chi connectivity index (χ0) is 7.49. The van der Waals surface area contributed by atoms with E-state index in [2.05, 4.69) is 20.8 Å². The molecular formula is C7H13ClO. The number of rotatable bonds is 2. The maximum atomic E-state index is 10.1. The second kappa shape index (κ2) is 3.21. The summed E-state index contributed by atoms with van der Waals surface area (Å²) in [6, 6.07) is 0. The summed E-state index contributed by atoms with van der Waals surface area (Å²) in [4.78, 5) is 10.1. The first kappa shape index (κ1) is 8.96. The molecule has 0 saturated heterocycles. The second-order valence-corrected chi connectivity index (χ2v) is 3.98. The molecule has 2 heteroatoms. The highest BCUT2D eigenvalue weighted by Gasteiger charge is 2.15. The van der Waals surface area contributed by atoms with Crippen molar-refractivity contribution in [1.29, 1.82) is 0 Å². The van der Waals surface area contributed by atoms with Crippen molar-refractivity contribution in [3.8, 4) is 0 Å². The maximum Gasteiger partial charge on any atom is 0.137 e. The molecule has 1 nitrogen and oxygen atoms in total. The molecule has 9 heavy (non-hydrogen) atoms. The quantitative estimate of drug-likeness (QED) is 0.434. The Morgan fingerprint density at radius 1 is 1.56 bits per heavy atom. The van der Waals surface area contributed by atoms with Crippen LogP contribution in [0, 0.1) is 5.41 Å². The van der Waals surface area contributed by atoms with Crippen molar-refractivity contribution in [2.24, 2.45) is 5.41 Å². The third-order valence-electron chi connectivity index (χ3n) is 0.955. The molecule has 0 spiro atoms. The van der Waals surface area contributed by atoms with Gasteiger partial charge in [0, 0.05) is 0 Å². The number of carbonyl (C=O) groups excluding carboxylic acids is 1. The Bertz CT molecular complexity index is 93.6. The van der Waals surface area contributed by atoms with Crippen LogP contribution in [0.2, 0.25) is 0 Å². The molecule has 0 unspecified atom stereocenters. The molecule has 54 valence electrons. The number of carbonyl (C=O) groups is 1. The molecule has 0 aliphatic rings. The van der Waals surface area contributed by atoms with E-state index in [1.807, 2.05) is 0 Å². The van der Waals surface area contributed by atoms with Crippen LogP contribution in [0.5, 0.6) is 0 Å². The smallest absolute Gasteiger partial charge is 0.137 e. The summed E-state index contributed by atoms with van der Waals surface area (Å²) in [6.45, 7) is 6.18. The molecule has 0 aliphatic heterocycles. The lowest BCUT2D eigenvalue weighted by atomic mass is 9.91. The lowest BCUT2D eigenvalue weighted by Crippen LogP contribution is -2.13. The molecule has 0 radical (unpaired) electrons. The van der Waals surface area contributed by atoms with E-state index in [9.17, 15) is 4.79 Å². The minimum Gasteiger partial charge on any atom is -0.302 e. The standard InChI is InChI=1S/C7H13ClO/c1-7(2,3)4-6(8)5-9/h5-6H,4H2,1-3H3/t6-/m1/s1. The van der Waals surface area contributed by atoms with Crippen LogP contribution >= 0.6 is 11.6 Å². The molecule has 0 aromatic rings. The topological polar surface area (TPSA) is 17.1 Å². The van der Waals surface area contributed by atoms with Crippen molar-refractivity contribution in [3.05, 3.63) is 0 Å². The number of hydrogen-bond donors (Lipinski definition) is 0. The first-order chi connectivity index (χ1) is 3.95. The molecule has 0 heterocycles. The molecule has 0 fully saturated rings. The van der Waals surface area contributed by atoms with Crippen molar-refractivity contribution in [3.63, 3.8) is 0 Å². The zero-order valence-electron chi connectivity index (χ0n) is 6.15. The monoisotopic (exact) mass is 148 g/mol. The third-order valence-corrected chi connectivity index (χ3v) is 1.21. The van der Waals surface area contributed by atoms with E-state index < -0.39 is 0 Å². The predicted molar refractivity (Wildman–Crippen MR) is 39.8 cm³/mol. The second-order valence-electron chi connectivity index (χ2n) is 3.42. The van der Waals surface area contributed by atoms with Gasteiger partial charge >= 0.3 is 0 Å². The van der Waals surface area contributed by atoms with Gasteiger partial charge in [-0.15, -0.1) is 11.6 Å². The summed E-state index contributed by atoms with van der Waals surface area (Å²) in [6.07, 6.45) is 1.53. The average Bonchev–Trinajstić information content (AvgIpc) is 1.62. The lowest BCUT2D eigenvalue weighted by Gasteiger charge is -2.18. The van der Waals surface area contributed by atoms with Gasteiger partial charge in [0.25, 0.3) is 0 Å². The van der Waals surface area contributed by atoms with Crippen LogP contribution in [0.15, 0.2) is 0 Å². The van der Waals surface area contributed by atoms with Crippen molar-refractivity contribution in [2.75, 3.05) is 0 Å². The molecule has 0 aromatic heterocycles. The highest BCUT2D eigenvalue weighted by atomic mass is 35.5. The first-order valence-electron chi connectivity index (χ1n) is 3.05. The highest BCUT2D eigenvalue weighted by Crippen LogP contribution is 2.22. The largest absolute Gasteiger partial charge is 0.302 e. The van der Waals surface area contributed by atoms with E-state index in [0.29, 0.717) is 0 Å². The molecule has 0 aromatic carbocycles. The van der Waals surface area contributed by atoms with E-state index >= 15 is 0 Å². The fourth-order valence-electron chi connectivity index (χ4n) is 0.633. The highest BCUT2D eigenvalue weighted by molar-refractivity contribution is 6.27. The van der Waals surface area contributed by atoms with Gasteiger partial charge in [0.05, 0.1) is 5.38 Å². The third kappa shape index (κ3) is 5.84. The van der Waals surface area contributed by atoms with Crippen LogP contribution < -0.4 is 0 Å². The SMILES string of the molecule is CC(C)(C)C[C@@H](Cl)C=O. The molecular weight excluding hydrogens is 136 g/mol. The van der Waals surface area contributed by atoms with E-state index in [-0.39, 0.29) is 10.8 Å². The van der Waals surface area contributed by atoms with Crippen LogP contribution in [0.25, 0.3) is 0 Å². The van der Waals surface area contributed by atoms with Crippen LogP contribution in [0.3, 0.4) is 0 Å². The fraction of sp³-hybridized carbons (Fsp3) is 0.857. The van der Waals surface area contributed by atoms with Crippen molar-refractivity contribution >= 4 is 17.9 Å². The number of aldehydes is 1. The van der Waals surface area contributed by atoms with E-state index in [1.54, 1.807) is 0 Å². The molecule has 1 atom stereocenters. The summed E-state index contributed by atoms with van der Waals surface area (Å²) in [5.41, 5.74) is 0.160. The summed E-state index contributed by atoms with van der Waals surface area (Å²) in [7, 11) is 0. The van der Waals surface area contributed by atoms with Gasteiger partial charge in [0.15, 0.2) is 0 Å². The van der Waals surface area contributed by atoms with Crippen molar-refractivity contribution in [2.45, 2.75) is 32.6 Å². The summed E-state index contributed by atoms with van der Waals surface area (Å²) in [5, 5.41) is -0.315. The van der Waals surface area contributed by atoms with Gasteiger partial charge in [-0.25, -0.2) is 0 Å². The van der Waals surface area contributed by atoms with Crippen molar-refractivity contribution < 1.29 is 4.79 Å². The number of alkyl halides is 1. The fourth-order valence-corrected chi connectivity index (χ4v) is 1.10. The Hall–Kier alpha value is -0.0400. The number of halogens is 1. The lowest BCUT2D eigenvalue weighted by molar-refractivity contribution is -0.108. The van der Waals surface area contributed by atoms with E-state index in [4.69, 9.17) is 11.6 Å². The molecule has 0 saturated carbocycles. The Kier molecular flexibility index (Phi) is 3.20. The van der Waals surface area contributed by atoms with Crippen LogP contribution in [-0.2, 0) is 4.79 Å². The van der Waals surface area contributed by atoms with Gasteiger partial charge in [0.1, 0.15) is 6.29 Å². The molecule has 0 rings (SSSR count). The van der Waals surface area contributed by atoms with E-state index in [1.165, 1.54) is 0 Å². The normalized spacial score (nSPS) is 15.1. The van der Waals surface area contributed by atoms with Gasteiger partial charge in [-0.1, -0.05) is 20.8 Å². The Morgan fingerprint density at radius 3 is 2.11 bits per heavy atom. The van der Waals surface area contributed by atoms with Crippen LogP contribution in [0.4, 0.5) is 0 Å². The van der Waals surface area contributed by atoms with Gasteiger partial charge in [0.2, 0.25) is 0 Å². The van der Waals surface area contributed by atoms with Crippen molar-refractivity contribution in [1.82, 2.24) is 0 Å². The van der Waals surface area contributed by atoms with Gasteiger partial charge < -0.3 is 4.79 Å². The minimum absolute atomic E-state index is 0.160. The Labute approximate surface area is 61.4 Å². The minimum atomic E-state index is -0.315. The van der Waals surface area contributed by atoms with Gasteiger partial charge in [-0.3, -0.25) is 0 Å². The number of hydrogen-bond acceptors (Lipinski definition) is 1. The molecule has 0 aliphatic carbocycles. The van der Waals surface area contributed by atoms with Crippen LogP contribution in [0.1, 0.15) is 27.2 Å². The Balaban J connectivity index is 3.59. The average molecular weight is 149 g/mol. The summed E-state index contributed by atoms with van der Waals surface area (Å²) >= 11 is 5.58. The first-order valence-corrected chi connectivity index (χ1v) is 3.49. The van der Waals surface area contributed by atoms with Gasteiger partial charge in [-0.2, -0.15) is 0 Å². The summed E-state index contributed by atoms with van der Waals surface area (Å²) < 4.78 is 0. The molecule has 0 N–H and O–H groups in total. The molecule has 0 bridgehead atoms. The predicted octanol–water partition coefficient (Wildman–Crippen LogP) is 2.23. The maximum absolute atomic E-state index is 10.1. The zero-order valence-corrected chi connectivity index (χ0v) is 6.90. The van der Waals surface area contributed by atoms with E-state index in [0.717, 1.165) is 12.7 Å². The Morgan fingerprint density at radius 2 is 2.00 bits per heavy atom. The van der Waals surface area contributed by atoms with Gasteiger partial charge in [-0.05, 0) is 11.8 Å². The summed E-state index contributed by atoms with van der Waals surface area (Å²) in [5.74, 6) is 0.